The van der Waals surface area contributed by atoms with Gasteiger partial charge in [-0.3, -0.25) is 0 Å². The maximum absolute atomic E-state index is 6.58. The Labute approximate surface area is 131 Å². The third kappa shape index (κ3) is 10.5. The second kappa shape index (κ2) is 7.34. The summed E-state index contributed by atoms with van der Waals surface area (Å²) in [6.07, 6.45) is 2.38. The molecule has 0 fully saturated rings. The third-order valence-electron chi connectivity index (χ3n) is 2.52. The molecule has 0 aliphatic heterocycles. The minimum absolute atomic E-state index is 1.08. The summed E-state index contributed by atoms with van der Waals surface area (Å²) < 4.78 is 19.4. The third-order valence-corrected chi connectivity index (χ3v) is 16.1. The van der Waals surface area contributed by atoms with Crippen LogP contribution in [0.1, 0.15) is 19.8 Å². The molecule has 0 saturated carbocycles. The molecule has 0 radical (unpaired) electrons. The maximum Gasteiger partial charge on any atom is 0.315 e. The van der Waals surface area contributed by atoms with Crippen molar-refractivity contribution in [2.45, 2.75) is 84.7 Å². The van der Waals surface area contributed by atoms with Crippen LogP contribution >= 0.6 is 0 Å². The first-order valence-corrected chi connectivity index (χ1v) is 19.9. The molecule has 1 unspecified atom stereocenters. The highest BCUT2D eigenvalue weighted by molar-refractivity contribution is 6.89. The molecule has 0 rings (SSSR count). The average molecular weight is 353 g/mol. The van der Waals surface area contributed by atoms with E-state index < -0.39 is 33.8 Å². The number of rotatable bonds is 9. The number of hydrogen-bond acceptors (Lipinski definition) is 3. The summed E-state index contributed by atoms with van der Waals surface area (Å²) in [4.78, 5) is 0. The Morgan fingerprint density at radius 2 is 1.10 bits per heavy atom. The molecule has 20 heavy (non-hydrogen) atoms. The first kappa shape index (κ1) is 20.7. The van der Waals surface area contributed by atoms with E-state index in [-0.39, 0.29) is 0 Å². The van der Waals surface area contributed by atoms with E-state index in [9.17, 15) is 0 Å². The Bertz CT molecular complexity index is 297. The van der Waals surface area contributed by atoms with Crippen LogP contribution in [-0.2, 0) is 12.3 Å². The van der Waals surface area contributed by atoms with Gasteiger partial charge in [0.1, 0.15) is 0 Å². The second-order valence-electron chi connectivity index (χ2n) is 8.17. The van der Waals surface area contributed by atoms with Gasteiger partial charge in [0, 0.05) is 0 Å². The molecule has 0 amide bonds. The zero-order valence-corrected chi connectivity index (χ0v) is 19.3. The van der Waals surface area contributed by atoms with Crippen LogP contribution in [0.3, 0.4) is 0 Å². The summed E-state index contributed by atoms with van der Waals surface area (Å²) in [5.74, 6) is 0. The van der Waals surface area contributed by atoms with E-state index in [1.54, 1.807) is 0 Å². The van der Waals surface area contributed by atoms with Crippen molar-refractivity contribution in [3.63, 3.8) is 0 Å². The van der Waals surface area contributed by atoms with E-state index in [4.69, 9.17) is 12.3 Å². The molecular formula is C13H36O3Si4. The van der Waals surface area contributed by atoms with Gasteiger partial charge in [-0.1, -0.05) is 19.8 Å². The molecule has 0 bridgehead atoms. The SMILES string of the molecule is CCCC[Si](C)(O[Si](C)(C)C)O[Si](C)(C)O[Si](C)(C)C. The van der Waals surface area contributed by atoms with Crippen molar-refractivity contribution >= 4 is 33.8 Å². The minimum Gasteiger partial charge on any atom is -0.437 e. The molecule has 0 aliphatic carbocycles. The monoisotopic (exact) mass is 352 g/mol. The summed E-state index contributed by atoms with van der Waals surface area (Å²) in [6.45, 7) is 22.3. The lowest BCUT2D eigenvalue weighted by Crippen LogP contribution is -2.56. The highest BCUT2D eigenvalue weighted by atomic mass is 28.5. The predicted octanol–water partition coefficient (Wildman–Crippen LogP) is 5.28. The fourth-order valence-corrected chi connectivity index (χ4v) is 20.7. The standard InChI is InChI=1S/C13H36O3Si4/c1-11-12-13-20(10,15-18(5,6)7)16-19(8,9)14-17(2,3)4/h11-13H2,1-10H3. The Balaban J connectivity index is 4.96. The molecule has 122 valence electrons. The summed E-state index contributed by atoms with van der Waals surface area (Å²) in [7, 11) is -7.38. The quantitative estimate of drug-likeness (QED) is 0.528. The van der Waals surface area contributed by atoms with Crippen LogP contribution in [0.4, 0.5) is 0 Å². The van der Waals surface area contributed by atoms with Crippen molar-refractivity contribution in [3.8, 4) is 0 Å². The van der Waals surface area contributed by atoms with Gasteiger partial charge in [0.15, 0.2) is 16.6 Å². The van der Waals surface area contributed by atoms with Crippen molar-refractivity contribution in [1.29, 1.82) is 0 Å². The van der Waals surface area contributed by atoms with Crippen molar-refractivity contribution in [1.82, 2.24) is 0 Å². The van der Waals surface area contributed by atoms with Gasteiger partial charge in [0.05, 0.1) is 0 Å². The van der Waals surface area contributed by atoms with Crippen LogP contribution in [0, 0.1) is 0 Å². The smallest absolute Gasteiger partial charge is 0.315 e. The molecule has 0 saturated heterocycles. The molecule has 0 aliphatic rings. The van der Waals surface area contributed by atoms with Gasteiger partial charge in [-0.2, -0.15) is 0 Å². The van der Waals surface area contributed by atoms with Gasteiger partial charge >= 0.3 is 17.1 Å². The average Bonchev–Trinajstić information content (AvgIpc) is 2.05. The van der Waals surface area contributed by atoms with Gasteiger partial charge in [-0.15, -0.1) is 0 Å². The predicted molar refractivity (Wildman–Crippen MR) is 98.8 cm³/mol. The van der Waals surface area contributed by atoms with Gasteiger partial charge in [0.2, 0.25) is 0 Å². The lowest BCUT2D eigenvalue weighted by Gasteiger charge is -2.41. The molecule has 1 atom stereocenters. The van der Waals surface area contributed by atoms with Crippen molar-refractivity contribution in [3.05, 3.63) is 0 Å². The minimum atomic E-state index is -2.12. The van der Waals surface area contributed by atoms with Crippen LogP contribution < -0.4 is 0 Å². The van der Waals surface area contributed by atoms with Crippen molar-refractivity contribution in [2.24, 2.45) is 0 Å². The normalized spacial score (nSPS) is 17.1. The van der Waals surface area contributed by atoms with Gasteiger partial charge in [-0.25, -0.2) is 0 Å². The molecule has 0 N–H and O–H groups in total. The molecule has 0 aromatic carbocycles. The van der Waals surface area contributed by atoms with Crippen LogP contribution in [0.2, 0.25) is 65.0 Å². The Morgan fingerprint density at radius 1 is 0.650 bits per heavy atom. The van der Waals surface area contributed by atoms with E-state index in [0.717, 1.165) is 6.04 Å². The van der Waals surface area contributed by atoms with E-state index >= 15 is 0 Å². The molecule has 7 heteroatoms. The highest BCUT2D eigenvalue weighted by Gasteiger charge is 2.43. The first-order chi connectivity index (χ1) is 8.68. The topological polar surface area (TPSA) is 27.7 Å². The molecule has 0 aromatic rings. The van der Waals surface area contributed by atoms with Crippen molar-refractivity contribution in [2.75, 3.05) is 0 Å². The van der Waals surface area contributed by atoms with Crippen LogP contribution in [0.5, 0.6) is 0 Å². The first-order valence-electron chi connectivity index (χ1n) is 7.79. The molecule has 0 spiro atoms. The highest BCUT2D eigenvalue weighted by Crippen LogP contribution is 2.27. The van der Waals surface area contributed by atoms with E-state index in [0.29, 0.717) is 0 Å². The lowest BCUT2D eigenvalue weighted by atomic mass is 10.4. The molecule has 0 aromatic heterocycles. The van der Waals surface area contributed by atoms with Gasteiger partial charge in [0.25, 0.3) is 0 Å². The largest absolute Gasteiger partial charge is 0.437 e. The summed E-state index contributed by atoms with van der Waals surface area (Å²) in [5, 5.41) is 0. The van der Waals surface area contributed by atoms with Crippen LogP contribution in [-0.4, -0.2) is 33.8 Å². The summed E-state index contributed by atoms with van der Waals surface area (Å²) in [5.41, 5.74) is 0. The van der Waals surface area contributed by atoms with Crippen LogP contribution in [0.25, 0.3) is 0 Å². The summed E-state index contributed by atoms with van der Waals surface area (Å²) in [6, 6.07) is 1.08. The summed E-state index contributed by atoms with van der Waals surface area (Å²) >= 11 is 0. The number of unbranched alkanes of at least 4 members (excludes halogenated alkanes) is 1. The van der Waals surface area contributed by atoms with E-state index in [1.807, 2.05) is 0 Å². The molecule has 3 nitrogen and oxygen atoms in total. The Morgan fingerprint density at radius 3 is 1.45 bits per heavy atom. The second-order valence-corrected chi connectivity index (χ2v) is 24.6. The van der Waals surface area contributed by atoms with Crippen LogP contribution in [0.15, 0.2) is 0 Å². The fourth-order valence-electron chi connectivity index (χ4n) is 2.55. The fraction of sp³-hybridized carbons (Fsp3) is 1.00. The number of hydrogen-bond donors (Lipinski definition) is 0. The van der Waals surface area contributed by atoms with E-state index in [2.05, 4.69) is 65.8 Å². The zero-order valence-electron chi connectivity index (χ0n) is 15.3. The Hall–Kier alpha value is 0.748. The maximum atomic E-state index is 6.58. The van der Waals surface area contributed by atoms with E-state index in [1.165, 1.54) is 12.8 Å². The lowest BCUT2D eigenvalue weighted by molar-refractivity contribution is 0.322. The van der Waals surface area contributed by atoms with Crippen molar-refractivity contribution < 1.29 is 12.3 Å². The van der Waals surface area contributed by atoms with Gasteiger partial charge < -0.3 is 12.3 Å². The molecular weight excluding hydrogens is 316 g/mol. The molecule has 0 heterocycles. The van der Waals surface area contributed by atoms with Gasteiger partial charge in [-0.05, 0) is 65.0 Å². The Kier molecular flexibility index (Phi) is 7.62. The zero-order chi connectivity index (χ0) is 16.2.